The summed E-state index contributed by atoms with van der Waals surface area (Å²) in [6.07, 6.45) is 1.09. The van der Waals surface area contributed by atoms with E-state index in [2.05, 4.69) is 59.6 Å². The van der Waals surface area contributed by atoms with Gasteiger partial charge in [-0.15, -0.1) is 0 Å². The van der Waals surface area contributed by atoms with Crippen molar-refractivity contribution in [2.45, 2.75) is 25.9 Å². The fraction of sp³-hybridized carbons (Fsp3) is 0.312. The smallest absolute Gasteiger partial charge is 0.133 e. The maximum atomic E-state index is 4.76. The molecule has 1 atom stereocenters. The van der Waals surface area contributed by atoms with Crippen LogP contribution in [-0.2, 0) is 13.0 Å². The number of aromatic nitrogens is 1. The Morgan fingerprint density at radius 3 is 2.89 bits per heavy atom. The van der Waals surface area contributed by atoms with Crippen molar-refractivity contribution in [3.63, 3.8) is 0 Å². The molecule has 1 aliphatic heterocycles. The standard InChI is InChI=1S/C16H19N3/c1-12-10-13-6-3-4-8-15(13)19(12)16-9-5-7-14(18-16)11-17-2/h3-9,12,17H,10-11H2,1-2H3. The molecule has 0 spiro atoms. The first-order valence-electron chi connectivity index (χ1n) is 6.77. The normalized spacial score (nSPS) is 17.6. The molecule has 0 radical (unpaired) electrons. The van der Waals surface area contributed by atoms with Crippen LogP contribution in [0.15, 0.2) is 42.5 Å². The number of benzene rings is 1. The SMILES string of the molecule is CNCc1cccc(N2c3ccccc3CC2C)n1. The van der Waals surface area contributed by atoms with E-state index in [4.69, 9.17) is 4.98 Å². The predicted octanol–water partition coefficient (Wildman–Crippen LogP) is 2.88. The second-order valence-electron chi connectivity index (χ2n) is 5.07. The largest absolute Gasteiger partial charge is 0.323 e. The van der Waals surface area contributed by atoms with Crippen LogP contribution in [0.4, 0.5) is 11.5 Å². The van der Waals surface area contributed by atoms with Crippen LogP contribution in [0.3, 0.4) is 0 Å². The zero-order valence-electron chi connectivity index (χ0n) is 11.4. The molecule has 0 amide bonds. The second-order valence-corrected chi connectivity index (χ2v) is 5.07. The maximum Gasteiger partial charge on any atom is 0.133 e. The van der Waals surface area contributed by atoms with E-state index >= 15 is 0 Å². The molecule has 1 aromatic carbocycles. The molecule has 1 unspecified atom stereocenters. The molecule has 0 bridgehead atoms. The van der Waals surface area contributed by atoms with Gasteiger partial charge < -0.3 is 10.2 Å². The van der Waals surface area contributed by atoms with E-state index in [1.807, 2.05) is 7.05 Å². The van der Waals surface area contributed by atoms with E-state index in [0.717, 1.165) is 24.5 Å². The minimum absolute atomic E-state index is 0.467. The molecule has 2 aromatic rings. The third-order valence-electron chi connectivity index (χ3n) is 3.60. The Bertz CT molecular complexity index is 580. The van der Waals surface area contributed by atoms with E-state index < -0.39 is 0 Å². The molecule has 1 aliphatic rings. The first-order valence-corrected chi connectivity index (χ1v) is 6.77. The summed E-state index contributed by atoms with van der Waals surface area (Å²) in [5.74, 6) is 1.05. The maximum absolute atomic E-state index is 4.76. The number of hydrogen-bond donors (Lipinski definition) is 1. The molecule has 0 aliphatic carbocycles. The van der Waals surface area contributed by atoms with Crippen LogP contribution < -0.4 is 10.2 Å². The fourth-order valence-electron chi connectivity index (χ4n) is 2.80. The number of fused-ring (bicyclic) bond motifs is 1. The van der Waals surface area contributed by atoms with Gasteiger partial charge in [0.25, 0.3) is 0 Å². The highest BCUT2D eigenvalue weighted by Gasteiger charge is 2.27. The van der Waals surface area contributed by atoms with E-state index in [0.29, 0.717) is 6.04 Å². The summed E-state index contributed by atoms with van der Waals surface area (Å²) in [6.45, 7) is 3.06. The monoisotopic (exact) mass is 253 g/mol. The van der Waals surface area contributed by atoms with Crippen molar-refractivity contribution in [2.75, 3.05) is 11.9 Å². The number of nitrogens with zero attached hydrogens (tertiary/aromatic N) is 2. The van der Waals surface area contributed by atoms with Gasteiger partial charge in [-0.2, -0.15) is 0 Å². The topological polar surface area (TPSA) is 28.2 Å². The summed E-state index contributed by atoms with van der Waals surface area (Å²) in [4.78, 5) is 7.10. The average Bonchev–Trinajstić information content (AvgIpc) is 2.75. The van der Waals surface area contributed by atoms with Gasteiger partial charge in [0.1, 0.15) is 5.82 Å². The number of anilines is 2. The van der Waals surface area contributed by atoms with Gasteiger partial charge >= 0.3 is 0 Å². The van der Waals surface area contributed by atoms with Crippen molar-refractivity contribution in [2.24, 2.45) is 0 Å². The number of pyridine rings is 1. The van der Waals surface area contributed by atoms with Crippen molar-refractivity contribution in [3.05, 3.63) is 53.7 Å². The van der Waals surface area contributed by atoms with Crippen molar-refractivity contribution < 1.29 is 0 Å². The van der Waals surface area contributed by atoms with Gasteiger partial charge in [0.05, 0.1) is 5.69 Å². The average molecular weight is 253 g/mol. The lowest BCUT2D eigenvalue weighted by atomic mass is 10.1. The van der Waals surface area contributed by atoms with Gasteiger partial charge in [-0.25, -0.2) is 4.98 Å². The molecule has 1 N–H and O–H groups in total. The summed E-state index contributed by atoms with van der Waals surface area (Å²) in [7, 11) is 1.95. The molecular formula is C16H19N3. The molecule has 3 rings (SSSR count). The summed E-state index contributed by atoms with van der Waals surface area (Å²) < 4.78 is 0. The number of para-hydroxylation sites is 1. The van der Waals surface area contributed by atoms with Crippen LogP contribution in [0.1, 0.15) is 18.2 Å². The number of hydrogen-bond acceptors (Lipinski definition) is 3. The van der Waals surface area contributed by atoms with Crippen LogP contribution in [0, 0.1) is 0 Å². The summed E-state index contributed by atoms with van der Waals surface area (Å²) >= 11 is 0. The van der Waals surface area contributed by atoms with E-state index in [9.17, 15) is 0 Å². The number of nitrogens with one attached hydrogen (secondary N) is 1. The highest BCUT2D eigenvalue weighted by Crippen LogP contribution is 2.36. The van der Waals surface area contributed by atoms with Gasteiger partial charge in [-0.3, -0.25) is 0 Å². The van der Waals surface area contributed by atoms with Crippen LogP contribution in [0.25, 0.3) is 0 Å². The highest BCUT2D eigenvalue weighted by atomic mass is 15.2. The van der Waals surface area contributed by atoms with E-state index in [1.165, 1.54) is 11.3 Å². The van der Waals surface area contributed by atoms with Crippen LogP contribution >= 0.6 is 0 Å². The minimum Gasteiger partial charge on any atom is -0.323 e. The molecule has 3 heteroatoms. The second kappa shape index (κ2) is 5.02. The Morgan fingerprint density at radius 2 is 2.05 bits per heavy atom. The molecule has 0 saturated carbocycles. The van der Waals surface area contributed by atoms with Gasteiger partial charge in [-0.1, -0.05) is 24.3 Å². The van der Waals surface area contributed by atoms with Crippen molar-refractivity contribution in [1.29, 1.82) is 0 Å². The Morgan fingerprint density at radius 1 is 1.21 bits per heavy atom. The quantitative estimate of drug-likeness (QED) is 0.911. The third kappa shape index (κ3) is 2.22. The third-order valence-corrected chi connectivity index (χ3v) is 3.60. The molecule has 98 valence electrons. The Labute approximate surface area is 114 Å². The molecule has 2 heterocycles. The summed E-state index contributed by atoms with van der Waals surface area (Å²) in [5, 5.41) is 3.15. The first-order chi connectivity index (χ1) is 9.29. The molecule has 0 fully saturated rings. The summed E-state index contributed by atoms with van der Waals surface area (Å²) in [6, 6.07) is 15.3. The zero-order valence-corrected chi connectivity index (χ0v) is 11.4. The van der Waals surface area contributed by atoms with Gasteiger partial charge in [-0.05, 0) is 44.2 Å². The Kier molecular flexibility index (Phi) is 3.22. The van der Waals surface area contributed by atoms with Crippen molar-refractivity contribution >= 4 is 11.5 Å². The van der Waals surface area contributed by atoms with Crippen LogP contribution in [-0.4, -0.2) is 18.1 Å². The Balaban J connectivity index is 2.00. The molecule has 1 aromatic heterocycles. The van der Waals surface area contributed by atoms with Crippen LogP contribution in [0.2, 0.25) is 0 Å². The first kappa shape index (κ1) is 12.2. The lowest BCUT2D eigenvalue weighted by Crippen LogP contribution is -2.25. The summed E-state index contributed by atoms with van der Waals surface area (Å²) in [5.41, 5.74) is 3.79. The Hall–Kier alpha value is -1.87. The highest BCUT2D eigenvalue weighted by molar-refractivity contribution is 5.68. The molecule has 3 nitrogen and oxygen atoms in total. The van der Waals surface area contributed by atoms with Crippen molar-refractivity contribution in [1.82, 2.24) is 10.3 Å². The van der Waals surface area contributed by atoms with Crippen molar-refractivity contribution in [3.8, 4) is 0 Å². The van der Waals surface area contributed by atoms with Crippen LogP contribution in [0.5, 0.6) is 0 Å². The number of rotatable bonds is 3. The fourth-order valence-corrected chi connectivity index (χ4v) is 2.80. The van der Waals surface area contributed by atoms with E-state index in [1.54, 1.807) is 0 Å². The molecule has 0 saturated heterocycles. The van der Waals surface area contributed by atoms with Gasteiger partial charge in [0, 0.05) is 18.3 Å². The zero-order chi connectivity index (χ0) is 13.2. The molecular weight excluding hydrogens is 234 g/mol. The predicted molar refractivity (Wildman–Crippen MR) is 78.7 cm³/mol. The van der Waals surface area contributed by atoms with Gasteiger partial charge in [0.15, 0.2) is 0 Å². The minimum atomic E-state index is 0.467. The van der Waals surface area contributed by atoms with Gasteiger partial charge in [0.2, 0.25) is 0 Å². The lowest BCUT2D eigenvalue weighted by molar-refractivity contribution is 0.740. The molecule has 19 heavy (non-hydrogen) atoms. The lowest BCUT2D eigenvalue weighted by Gasteiger charge is -2.24. The van der Waals surface area contributed by atoms with E-state index in [-0.39, 0.29) is 0 Å².